The molecule has 0 aliphatic carbocycles. The van der Waals surface area contributed by atoms with Crippen molar-refractivity contribution in [2.24, 2.45) is 0 Å². The van der Waals surface area contributed by atoms with Crippen LogP contribution in [0.4, 0.5) is 0 Å². The van der Waals surface area contributed by atoms with Crippen molar-refractivity contribution in [2.75, 3.05) is 0 Å². The maximum Gasteiger partial charge on any atom is 0.0436 e. The second kappa shape index (κ2) is 2.18. The summed E-state index contributed by atoms with van der Waals surface area (Å²) in [5.41, 5.74) is 3.23. The predicted octanol–water partition coefficient (Wildman–Crippen LogP) is 1.88. The van der Waals surface area contributed by atoms with Gasteiger partial charge >= 0.3 is 0 Å². The quantitative estimate of drug-likeness (QED) is 0.509. The van der Waals surface area contributed by atoms with Gasteiger partial charge in [0.15, 0.2) is 0 Å². The molecule has 0 N–H and O–H groups in total. The SMILES string of the molecule is [CH2]c1ncc(C)cc1C. The van der Waals surface area contributed by atoms with Gasteiger partial charge in [-0.15, -0.1) is 0 Å². The second-order valence-corrected chi connectivity index (χ2v) is 2.28. The topological polar surface area (TPSA) is 12.9 Å². The molecule has 1 radical (unpaired) electrons. The third-order valence-corrected chi connectivity index (χ3v) is 1.32. The summed E-state index contributed by atoms with van der Waals surface area (Å²) in [6.07, 6.45) is 1.83. The van der Waals surface area contributed by atoms with E-state index in [9.17, 15) is 0 Å². The number of nitrogens with zero attached hydrogens (tertiary/aromatic N) is 1. The molecule has 0 atom stereocenters. The van der Waals surface area contributed by atoms with Gasteiger partial charge in [-0.25, -0.2) is 0 Å². The van der Waals surface area contributed by atoms with E-state index in [-0.39, 0.29) is 0 Å². The van der Waals surface area contributed by atoms with Crippen LogP contribution in [0.25, 0.3) is 0 Å². The van der Waals surface area contributed by atoms with Crippen LogP contribution in [0.1, 0.15) is 16.8 Å². The number of aromatic nitrogens is 1. The average Bonchev–Trinajstić information content (AvgIpc) is 1.80. The first kappa shape index (κ1) is 6.27. The van der Waals surface area contributed by atoms with Crippen LogP contribution >= 0.6 is 0 Å². The Morgan fingerprint density at radius 3 is 2.56 bits per heavy atom. The smallest absolute Gasteiger partial charge is 0.0436 e. The summed E-state index contributed by atoms with van der Waals surface area (Å²) >= 11 is 0. The lowest BCUT2D eigenvalue weighted by molar-refractivity contribution is 1.17. The summed E-state index contributed by atoms with van der Waals surface area (Å²) in [4.78, 5) is 4.07. The molecule has 47 valence electrons. The van der Waals surface area contributed by atoms with E-state index in [1.165, 1.54) is 5.56 Å². The molecular formula is C8H10N. The minimum atomic E-state index is 0.876. The third-order valence-electron chi connectivity index (χ3n) is 1.32. The monoisotopic (exact) mass is 120 g/mol. The molecular weight excluding hydrogens is 110 g/mol. The Kier molecular flexibility index (Phi) is 1.52. The zero-order valence-electron chi connectivity index (χ0n) is 5.81. The molecule has 0 unspecified atom stereocenters. The highest BCUT2D eigenvalue weighted by atomic mass is 14.7. The summed E-state index contributed by atoms with van der Waals surface area (Å²) in [5.74, 6) is 0. The van der Waals surface area contributed by atoms with Gasteiger partial charge in [-0.2, -0.15) is 0 Å². The number of pyridine rings is 1. The fourth-order valence-corrected chi connectivity index (χ4v) is 0.744. The summed E-state index contributed by atoms with van der Waals surface area (Å²) in [7, 11) is 0. The Bertz CT molecular complexity index is 216. The van der Waals surface area contributed by atoms with Gasteiger partial charge in [0.05, 0.1) is 0 Å². The van der Waals surface area contributed by atoms with E-state index in [0.717, 1.165) is 11.3 Å². The van der Waals surface area contributed by atoms with E-state index >= 15 is 0 Å². The first-order valence-electron chi connectivity index (χ1n) is 2.95. The van der Waals surface area contributed by atoms with Gasteiger partial charge in [0.2, 0.25) is 0 Å². The van der Waals surface area contributed by atoms with Crippen molar-refractivity contribution in [1.29, 1.82) is 0 Å². The molecule has 1 rings (SSSR count). The summed E-state index contributed by atoms with van der Waals surface area (Å²) in [5, 5.41) is 0. The van der Waals surface area contributed by atoms with Crippen LogP contribution in [0.3, 0.4) is 0 Å². The normalized spacial score (nSPS) is 9.67. The number of rotatable bonds is 0. The van der Waals surface area contributed by atoms with E-state index < -0.39 is 0 Å². The maximum atomic E-state index is 4.07. The molecule has 0 saturated carbocycles. The van der Waals surface area contributed by atoms with Crippen LogP contribution < -0.4 is 0 Å². The van der Waals surface area contributed by atoms with Crippen molar-refractivity contribution in [3.63, 3.8) is 0 Å². The minimum absolute atomic E-state index is 0.876. The highest BCUT2D eigenvalue weighted by Crippen LogP contribution is 2.03. The Balaban J connectivity index is 3.17. The van der Waals surface area contributed by atoms with Crippen molar-refractivity contribution in [3.05, 3.63) is 36.0 Å². The molecule has 1 nitrogen and oxygen atoms in total. The van der Waals surface area contributed by atoms with Gasteiger partial charge in [0, 0.05) is 11.9 Å². The largest absolute Gasteiger partial charge is 0.261 e. The lowest BCUT2D eigenvalue weighted by atomic mass is 10.2. The molecule has 0 aliphatic rings. The van der Waals surface area contributed by atoms with E-state index in [0.29, 0.717) is 0 Å². The van der Waals surface area contributed by atoms with Gasteiger partial charge in [0.25, 0.3) is 0 Å². The summed E-state index contributed by atoms with van der Waals surface area (Å²) in [6.45, 7) is 7.79. The van der Waals surface area contributed by atoms with Crippen LogP contribution in [-0.4, -0.2) is 4.98 Å². The Labute approximate surface area is 55.7 Å². The minimum Gasteiger partial charge on any atom is -0.261 e. The van der Waals surface area contributed by atoms with Crippen molar-refractivity contribution in [1.82, 2.24) is 4.98 Å². The molecule has 0 spiro atoms. The lowest BCUT2D eigenvalue weighted by Gasteiger charge is -1.97. The van der Waals surface area contributed by atoms with Gasteiger partial charge in [-0.1, -0.05) is 6.07 Å². The standard InChI is InChI=1S/C8H10N/c1-6-4-7(2)8(3)9-5-6/h4-5H,3H2,1-2H3. The van der Waals surface area contributed by atoms with Gasteiger partial charge in [-0.05, 0) is 31.9 Å². The molecule has 1 heterocycles. The first-order valence-corrected chi connectivity index (χ1v) is 2.95. The molecule has 0 amide bonds. The lowest BCUT2D eigenvalue weighted by Crippen LogP contribution is -1.85. The molecule has 9 heavy (non-hydrogen) atoms. The van der Waals surface area contributed by atoms with E-state index in [2.05, 4.69) is 18.0 Å². The summed E-state index contributed by atoms with van der Waals surface area (Å²) < 4.78 is 0. The highest BCUT2D eigenvalue weighted by Gasteiger charge is 1.90. The van der Waals surface area contributed by atoms with Crippen molar-refractivity contribution < 1.29 is 0 Å². The van der Waals surface area contributed by atoms with E-state index in [1.807, 2.05) is 20.0 Å². The molecule has 0 fully saturated rings. The summed E-state index contributed by atoms with van der Waals surface area (Å²) in [6, 6.07) is 2.08. The van der Waals surface area contributed by atoms with Crippen LogP contribution in [0, 0.1) is 20.8 Å². The third kappa shape index (κ3) is 1.28. The van der Waals surface area contributed by atoms with Crippen LogP contribution in [0.2, 0.25) is 0 Å². The molecule has 1 aromatic heterocycles. The van der Waals surface area contributed by atoms with Crippen LogP contribution in [-0.2, 0) is 0 Å². The fraction of sp³-hybridized carbons (Fsp3) is 0.250. The highest BCUT2D eigenvalue weighted by molar-refractivity contribution is 5.24. The Hall–Kier alpha value is -0.850. The fourth-order valence-electron chi connectivity index (χ4n) is 0.744. The number of hydrogen-bond donors (Lipinski definition) is 0. The average molecular weight is 120 g/mol. The molecule has 0 aliphatic heterocycles. The van der Waals surface area contributed by atoms with Crippen molar-refractivity contribution >= 4 is 0 Å². The molecule has 1 aromatic rings. The second-order valence-electron chi connectivity index (χ2n) is 2.28. The molecule has 0 aromatic carbocycles. The Morgan fingerprint density at radius 1 is 1.44 bits per heavy atom. The van der Waals surface area contributed by atoms with Crippen LogP contribution in [0.15, 0.2) is 12.3 Å². The van der Waals surface area contributed by atoms with E-state index in [4.69, 9.17) is 0 Å². The molecule has 0 saturated heterocycles. The molecule has 1 heteroatoms. The van der Waals surface area contributed by atoms with Crippen molar-refractivity contribution in [2.45, 2.75) is 13.8 Å². The number of hydrogen-bond acceptors (Lipinski definition) is 1. The van der Waals surface area contributed by atoms with Gasteiger partial charge in [0.1, 0.15) is 0 Å². The van der Waals surface area contributed by atoms with Crippen LogP contribution in [0.5, 0.6) is 0 Å². The van der Waals surface area contributed by atoms with E-state index in [1.54, 1.807) is 0 Å². The Morgan fingerprint density at radius 2 is 2.11 bits per heavy atom. The van der Waals surface area contributed by atoms with Gasteiger partial charge in [-0.3, -0.25) is 4.98 Å². The number of aryl methyl sites for hydroxylation is 2. The first-order chi connectivity index (χ1) is 4.20. The zero-order chi connectivity index (χ0) is 6.85. The van der Waals surface area contributed by atoms with Crippen molar-refractivity contribution in [3.8, 4) is 0 Å². The molecule has 0 bridgehead atoms. The predicted molar refractivity (Wildman–Crippen MR) is 38.2 cm³/mol. The van der Waals surface area contributed by atoms with Gasteiger partial charge < -0.3 is 0 Å². The maximum absolute atomic E-state index is 4.07. The zero-order valence-corrected chi connectivity index (χ0v) is 5.81.